The molecular weight excluding hydrogens is 240 g/mol. The van der Waals surface area contributed by atoms with Gasteiger partial charge in [-0.1, -0.05) is 32.0 Å². The number of rotatable bonds is 7. The van der Waals surface area contributed by atoms with Gasteiger partial charge in [0.05, 0.1) is 0 Å². The van der Waals surface area contributed by atoms with Gasteiger partial charge < -0.3 is 15.8 Å². The van der Waals surface area contributed by atoms with E-state index in [1.807, 2.05) is 31.2 Å². The summed E-state index contributed by atoms with van der Waals surface area (Å²) in [6, 6.07) is 7.65. The minimum atomic E-state index is -0.113. The highest BCUT2D eigenvalue weighted by Crippen LogP contribution is 2.22. The lowest BCUT2D eigenvalue weighted by Crippen LogP contribution is -2.37. The Labute approximate surface area is 115 Å². The van der Waals surface area contributed by atoms with Crippen LogP contribution in [-0.4, -0.2) is 18.6 Å². The highest BCUT2D eigenvalue weighted by atomic mass is 16.5. The molecule has 0 saturated carbocycles. The van der Waals surface area contributed by atoms with E-state index in [4.69, 9.17) is 10.5 Å². The lowest BCUT2D eigenvalue weighted by Gasteiger charge is -2.16. The lowest BCUT2D eigenvalue weighted by molar-refractivity contribution is -0.123. The number of benzene rings is 1. The quantitative estimate of drug-likeness (QED) is 0.794. The third-order valence-corrected chi connectivity index (χ3v) is 3.12. The molecule has 3 N–H and O–H groups in total. The number of carbonyl (C=O) groups is 1. The first-order chi connectivity index (χ1) is 9.08. The molecule has 1 aromatic carbocycles. The van der Waals surface area contributed by atoms with Gasteiger partial charge in [-0.15, -0.1) is 0 Å². The molecular formula is C15H24N2O2. The molecule has 106 valence electrons. The predicted octanol–water partition coefficient (Wildman–Crippen LogP) is 2.39. The normalized spacial score (nSPS) is 12.3. The number of para-hydroxylation sites is 1. The second-order valence-electron chi connectivity index (χ2n) is 4.70. The molecule has 4 nitrogen and oxygen atoms in total. The molecule has 1 atom stereocenters. The number of carbonyl (C=O) groups excluding carboxylic acids is 1. The van der Waals surface area contributed by atoms with Crippen LogP contribution in [0, 0.1) is 0 Å². The highest BCUT2D eigenvalue weighted by molar-refractivity contribution is 5.77. The van der Waals surface area contributed by atoms with Gasteiger partial charge in [0, 0.05) is 17.6 Å². The summed E-state index contributed by atoms with van der Waals surface area (Å²) < 4.78 is 5.56. The maximum Gasteiger partial charge on any atom is 0.258 e. The van der Waals surface area contributed by atoms with Crippen molar-refractivity contribution in [3.8, 4) is 5.75 Å². The van der Waals surface area contributed by atoms with E-state index < -0.39 is 0 Å². The summed E-state index contributed by atoms with van der Waals surface area (Å²) in [6.45, 7) is 6.04. The topological polar surface area (TPSA) is 64.3 Å². The second-order valence-corrected chi connectivity index (χ2v) is 4.70. The van der Waals surface area contributed by atoms with Gasteiger partial charge in [-0.2, -0.15) is 0 Å². The number of hydrogen-bond donors (Lipinski definition) is 2. The van der Waals surface area contributed by atoms with Crippen LogP contribution in [-0.2, 0) is 4.79 Å². The average molecular weight is 264 g/mol. The number of ether oxygens (including phenoxy) is 1. The Kier molecular flexibility index (Phi) is 6.36. The Balaban J connectivity index is 2.55. The Morgan fingerprint density at radius 1 is 1.32 bits per heavy atom. The molecule has 0 aliphatic carbocycles. The smallest absolute Gasteiger partial charge is 0.258 e. The van der Waals surface area contributed by atoms with Crippen LogP contribution in [0.4, 0.5) is 0 Å². The summed E-state index contributed by atoms with van der Waals surface area (Å²) in [5.74, 6) is 0.588. The fourth-order valence-corrected chi connectivity index (χ4v) is 1.89. The molecule has 0 saturated heterocycles. The molecule has 0 aromatic heterocycles. The monoisotopic (exact) mass is 264 g/mol. The Bertz CT molecular complexity index is 401. The van der Waals surface area contributed by atoms with Gasteiger partial charge in [0.2, 0.25) is 0 Å². The van der Waals surface area contributed by atoms with E-state index in [-0.39, 0.29) is 24.6 Å². The highest BCUT2D eigenvalue weighted by Gasteiger charge is 2.11. The number of nitrogens with one attached hydrogen (secondary N) is 1. The first-order valence-corrected chi connectivity index (χ1v) is 6.85. The van der Waals surface area contributed by atoms with Crippen molar-refractivity contribution in [3.63, 3.8) is 0 Å². The van der Waals surface area contributed by atoms with E-state index in [0.717, 1.165) is 18.4 Å². The van der Waals surface area contributed by atoms with E-state index in [2.05, 4.69) is 19.2 Å². The van der Waals surface area contributed by atoms with Crippen LogP contribution in [0.1, 0.15) is 45.2 Å². The molecule has 19 heavy (non-hydrogen) atoms. The summed E-state index contributed by atoms with van der Waals surface area (Å²) in [7, 11) is 0. The van der Waals surface area contributed by atoms with Gasteiger partial charge >= 0.3 is 0 Å². The van der Waals surface area contributed by atoms with Crippen molar-refractivity contribution >= 4 is 5.91 Å². The predicted molar refractivity (Wildman–Crippen MR) is 77.1 cm³/mol. The molecule has 0 aliphatic rings. The first kappa shape index (κ1) is 15.5. The van der Waals surface area contributed by atoms with Crippen LogP contribution >= 0.6 is 0 Å². The van der Waals surface area contributed by atoms with Crippen LogP contribution in [0.15, 0.2) is 24.3 Å². The summed E-state index contributed by atoms with van der Waals surface area (Å²) in [5, 5.41) is 2.94. The Hall–Kier alpha value is -1.55. The van der Waals surface area contributed by atoms with Crippen molar-refractivity contribution in [2.75, 3.05) is 6.61 Å². The van der Waals surface area contributed by atoms with Gasteiger partial charge in [-0.25, -0.2) is 0 Å². The summed E-state index contributed by atoms with van der Waals surface area (Å²) >= 11 is 0. The molecule has 1 unspecified atom stereocenters. The van der Waals surface area contributed by atoms with Crippen molar-refractivity contribution in [3.05, 3.63) is 29.8 Å². The van der Waals surface area contributed by atoms with Gasteiger partial charge in [-0.05, 0) is 25.8 Å². The molecule has 1 rings (SSSR count). The van der Waals surface area contributed by atoms with Crippen molar-refractivity contribution in [1.29, 1.82) is 0 Å². The standard InChI is InChI=1S/C15H24N2O2/c1-4-12(5-2)17-15(18)10-19-14-9-7-6-8-13(14)11(3)16/h6-9,11-12H,4-5,10,16H2,1-3H3,(H,17,18). The molecule has 1 aromatic rings. The van der Waals surface area contributed by atoms with Crippen molar-refractivity contribution in [1.82, 2.24) is 5.32 Å². The molecule has 0 radical (unpaired) electrons. The fourth-order valence-electron chi connectivity index (χ4n) is 1.89. The van der Waals surface area contributed by atoms with Gasteiger partial charge in [0.25, 0.3) is 5.91 Å². The zero-order valence-corrected chi connectivity index (χ0v) is 12.0. The minimum Gasteiger partial charge on any atom is -0.483 e. The van der Waals surface area contributed by atoms with Crippen molar-refractivity contribution < 1.29 is 9.53 Å². The fraction of sp³-hybridized carbons (Fsp3) is 0.533. The third-order valence-electron chi connectivity index (χ3n) is 3.12. The van der Waals surface area contributed by atoms with Crippen LogP contribution in [0.25, 0.3) is 0 Å². The van der Waals surface area contributed by atoms with E-state index in [9.17, 15) is 4.79 Å². The zero-order valence-electron chi connectivity index (χ0n) is 12.0. The number of hydrogen-bond acceptors (Lipinski definition) is 3. The van der Waals surface area contributed by atoms with E-state index in [1.54, 1.807) is 0 Å². The summed E-state index contributed by atoms with van der Waals surface area (Å²) in [4.78, 5) is 11.8. The van der Waals surface area contributed by atoms with Crippen molar-refractivity contribution in [2.45, 2.75) is 45.7 Å². The zero-order chi connectivity index (χ0) is 14.3. The maximum atomic E-state index is 11.8. The summed E-state index contributed by atoms with van der Waals surface area (Å²) in [5.41, 5.74) is 6.78. The van der Waals surface area contributed by atoms with Crippen LogP contribution in [0.3, 0.4) is 0 Å². The SMILES string of the molecule is CCC(CC)NC(=O)COc1ccccc1C(C)N. The Morgan fingerprint density at radius 2 is 1.95 bits per heavy atom. The molecule has 0 bridgehead atoms. The minimum absolute atomic E-state index is 0.0280. The van der Waals surface area contributed by atoms with Crippen molar-refractivity contribution in [2.24, 2.45) is 5.73 Å². The van der Waals surface area contributed by atoms with Gasteiger partial charge in [-0.3, -0.25) is 4.79 Å². The molecule has 0 spiro atoms. The lowest BCUT2D eigenvalue weighted by atomic mass is 10.1. The number of amides is 1. The number of nitrogens with two attached hydrogens (primary N) is 1. The average Bonchev–Trinajstić information content (AvgIpc) is 2.42. The first-order valence-electron chi connectivity index (χ1n) is 6.85. The second kappa shape index (κ2) is 7.79. The third kappa shape index (κ3) is 4.91. The molecule has 4 heteroatoms. The van der Waals surface area contributed by atoms with Crippen LogP contribution in [0.5, 0.6) is 5.75 Å². The molecule has 1 amide bonds. The Morgan fingerprint density at radius 3 is 2.53 bits per heavy atom. The van der Waals surface area contributed by atoms with E-state index >= 15 is 0 Å². The van der Waals surface area contributed by atoms with Crippen LogP contribution in [0.2, 0.25) is 0 Å². The molecule has 0 fully saturated rings. The van der Waals surface area contributed by atoms with Crippen LogP contribution < -0.4 is 15.8 Å². The van der Waals surface area contributed by atoms with E-state index in [1.165, 1.54) is 0 Å². The van der Waals surface area contributed by atoms with Gasteiger partial charge in [0.1, 0.15) is 5.75 Å². The molecule has 0 heterocycles. The summed E-state index contributed by atoms with van der Waals surface area (Å²) in [6.07, 6.45) is 1.86. The van der Waals surface area contributed by atoms with Gasteiger partial charge in [0.15, 0.2) is 6.61 Å². The maximum absolute atomic E-state index is 11.8. The molecule has 0 aliphatic heterocycles. The van der Waals surface area contributed by atoms with E-state index in [0.29, 0.717) is 5.75 Å². The largest absolute Gasteiger partial charge is 0.483 e.